The molecule has 0 fully saturated rings. The van der Waals surface area contributed by atoms with Gasteiger partial charge in [0.15, 0.2) is 6.29 Å². The van der Waals surface area contributed by atoms with E-state index >= 15 is 0 Å². The van der Waals surface area contributed by atoms with Gasteiger partial charge in [-0.1, -0.05) is 6.92 Å². The van der Waals surface area contributed by atoms with Gasteiger partial charge in [0.2, 0.25) is 0 Å². The van der Waals surface area contributed by atoms with Crippen LogP contribution in [-0.4, -0.2) is 45.9 Å². The van der Waals surface area contributed by atoms with Crippen LogP contribution in [0.5, 0.6) is 0 Å². The molecule has 0 saturated heterocycles. The van der Waals surface area contributed by atoms with E-state index in [4.69, 9.17) is 19.9 Å². The number of nitrogens with one attached hydrogen (secondary N) is 1. The fourth-order valence-electron chi connectivity index (χ4n) is 1.36. The molecular formula is C12H28N2O3. The van der Waals surface area contributed by atoms with Gasteiger partial charge < -0.3 is 19.9 Å². The van der Waals surface area contributed by atoms with Crippen LogP contribution in [0.1, 0.15) is 33.1 Å². The van der Waals surface area contributed by atoms with E-state index in [-0.39, 0.29) is 12.5 Å². The first-order chi connectivity index (χ1) is 8.24. The molecule has 5 nitrogen and oxygen atoms in total. The SMILES string of the molecule is CCC(NCCCOC(C)OCCCN)OC. The minimum atomic E-state index is -0.147. The van der Waals surface area contributed by atoms with E-state index < -0.39 is 0 Å². The molecule has 0 saturated carbocycles. The van der Waals surface area contributed by atoms with Gasteiger partial charge in [-0.2, -0.15) is 0 Å². The number of hydrogen-bond donors (Lipinski definition) is 2. The Bertz CT molecular complexity index is 155. The molecule has 17 heavy (non-hydrogen) atoms. The van der Waals surface area contributed by atoms with Crippen molar-refractivity contribution in [1.29, 1.82) is 0 Å². The lowest BCUT2D eigenvalue weighted by Gasteiger charge is -2.16. The third-order valence-electron chi connectivity index (χ3n) is 2.40. The van der Waals surface area contributed by atoms with E-state index in [1.165, 1.54) is 0 Å². The summed E-state index contributed by atoms with van der Waals surface area (Å²) in [5, 5.41) is 3.29. The Kier molecular flexibility index (Phi) is 12.1. The second kappa shape index (κ2) is 12.3. The van der Waals surface area contributed by atoms with Crippen molar-refractivity contribution in [2.24, 2.45) is 5.73 Å². The molecule has 2 unspecified atom stereocenters. The average Bonchev–Trinajstić information content (AvgIpc) is 2.34. The Labute approximate surface area is 105 Å². The summed E-state index contributed by atoms with van der Waals surface area (Å²) in [6.07, 6.45) is 2.79. The summed E-state index contributed by atoms with van der Waals surface area (Å²) >= 11 is 0. The van der Waals surface area contributed by atoms with Gasteiger partial charge in [-0.3, -0.25) is 5.32 Å². The van der Waals surface area contributed by atoms with Crippen molar-refractivity contribution in [2.75, 3.05) is 33.4 Å². The van der Waals surface area contributed by atoms with Crippen molar-refractivity contribution in [3.8, 4) is 0 Å². The molecule has 0 aliphatic heterocycles. The molecule has 0 amide bonds. The maximum absolute atomic E-state index is 5.49. The third-order valence-corrected chi connectivity index (χ3v) is 2.40. The maximum atomic E-state index is 5.49. The summed E-state index contributed by atoms with van der Waals surface area (Å²) in [6.45, 7) is 6.90. The van der Waals surface area contributed by atoms with E-state index in [1.807, 2.05) is 6.92 Å². The topological polar surface area (TPSA) is 65.7 Å². The molecule has 0 aromatic carbocycles. The van der Waals surface area contributed by atoms with E-state index in [9.17, 15) is 0 Å². The number of methoxy groups -OCH3 is 1. The second-order valence-electron chi connectivity index (χ2n) is 3.89. The van der Waals surface area contributed by atoms with Crippen LogP contribution in [-0.2, 0) is 14.2 Å². The summed E-state index contributed by atoms with van der Waals surface area (Å²) in [6, 6.07) is 0. The molecule has 2 atom stereocenters. The molecule has 0 radical (unpaired) electrons. The Balaban J connectivity index is 3.26. The lowest BCUT2D eigenvalue weighted by molar-refractivity contribution is -0.131. The Morgan fingerprint density at radius 3 is 2.35 bits per heavy atom. The predicted octanol–water partition coefficient (Wildman–Crippen LogP) is 1.08. The number of ether oxygens (including phenoxy) is 3. The lowest BCUT2D eigenvalue weighted by Crippen LogP contribution is -2.31. The molecular weight excluding hydrogens is 220 g/mol. The van der Waals surface area contributed by atoms with Gasteiger partial charge in [0.25, 0.3) is 0 Å². The van der Waals surface area contributed by atoms with E-state index in [2.05, 4.69) is 12.2 Å². The largest absolute Gasteiger partial charge is 0.367 e. The first kappa shape index (κ1) is 16.8. The summed E-state index contributed by atoms with van der Waals surface area (Å²) < 4.78 is 16.1. The quantitative estimate of drug-likeness (QED) is 0.399. The Morgan fingerprint density at radius 2 is 1.82 bits per heavy atom. The second-order valence-corrected chi connectivity index (χ2v) is 3.89. The van der Waals surface area contributed by atoms with E-state index in [1.54, 1.807) is 7.11 Å². The molecule has 0 spiro atoms. The van der Waals surface area contributed by atoms with Crippen molar-refractivity contribution in [3.63, 3.8) is 0 Å². The smallest absolute Gasteiger partial charge is 0.154 e. The van der Waals surface area contributed by atoms with Crippen molar-refractivity contribution in [2.45, 2.75) is 45.6 Å². The van der Waals surface area contributed by atoms with Gasteiger partial charge in [0.05, 0.1) is 13.2 Å². The minimum absolute atomic E-state index is 0.147. The van der Waals surface area contributed by atoms with Crippen molar-refractivity contribution in [3.05, 3.63) is 0 Å². The van der Waals surface area contributed by atoms with Crippen LogP contribution in [0.4, 0.5) is 0 Å². The fraction of sp³-hybridized carbons (Fsp3) is 1.00. The summed E-state index contributed by atoms with van der Waals surface area (Å²) in [7, 11) is 1.71. The van der Waals surface area contributed by atoms with Crippen LogP contribution in [0.2, 0.25) is 0 Å². The van der Waals surface area contributed by atoms with E-state index in [0.717, 1.165) is 25.8 Å². The van der Waals surface area contributed by atoms with Crippen molar-refractivity contribution < 1.29 is 14.2 Å². The summed E-state index contributed by atoms with van der Waals surface area (Å²) in [4.78, 5) is 0. The summed E-state index contributed by atoms with van der Waals surface area (Å²) in [5.74, 6) is 0. The zero-order valence-electron chi connectivity index (χ0n) is 11.4. The molecule has 0 aromatic rings. The monoisotopic (exact) mass is 248 g/mol. The van der Waals surface area contributed by atoms with E-state index in [0.29, 0.717) is 19.8 Å². The Hall–Kier alpha value is -0.200. The highest BCUT2D eigenvalue weighted by Gasteiger charge is 2.03. The number of nitrogens with two attached hydrogens (primary N) is 1. The fourth-order valence-corrected chi connectivity index (χ4v) is 1.36. The van der Waals surface area contributed by atoms with Crippen molar-refractivity contribution >= 4 is 0 Å². The minimum Gasteiger partial charge on any atom is -0.367 e. The first-order valence-corrected chi connectivity index (χ1v) is 6.44. The molecule has 0 bridgehead atoms. The molecule has 0 heterocycles. The molecule has 0 aromatic heterocycles. The predicted molar refractivity (Wildman–Crippen MR) is 68.7 cm³/mol. The number of hydrogen-bond acceptors (Lipinski definition) is 5. The van der Waals surface area contributed by atoms with Crippen LogP contribution in [0.15, 0.2) is 0 Å². The highest BCUT2D eigenvalue weighted by atomic mass is 16.7. The van der Waals surface area contributed by atoms with Crippen LogP contribution in [0, 0.1) is 0 Å². The van der Waals surface area contributed by atoms with Crippen LogP contribution in [0.3, 0.4) is 0 Å². The van der Waals surface area contributed by atoms with Gasteiger partial charge in [-0.15, -0.1) is 0 Å². The average molecular weight is 248 g/mol. The third kappa shape index (κ3) is 10.7. The normalized spacial score (nSPS) is 14.8. The van der Waals surface area contributed by atoms with Crippen molar-refractivity contribution in [1.82, 2.24) is 5.32 Å². The Morgan fingerprint density at radius 1 is 1.18 bits per heavy atom. The molecule has 0 aliphatic rings. The van der Waals surface area contributed by atoms with Crippen LogP contribution < -0.4 is 11.1 Å². The standard InChI is InChI=1S/C12H28N2O3/c1-4-12(15-3)14-8-6-10-17-11(2)16-9-5-7-13/h11-12,14H,4-10,13H2,1-3H3. The van der Waals surface area contributed by atoms with Gasteiger partial charge in [-0.05, 0) is 39.3 Å². The first-order valence-electron chi connectivity index (χ1n) is 6.44. The number of rotatable bonds is 12. The van der Waals surface area contributed by atoms with Crippen LogP contribution >= 0.6 is 0 Å². The molecule has 3 N–H and O–H groups in total. The zero-order valence-corrected chi connectivity index (χ0v) is 11.4. The molecule has 0 aliphatic carbocycles. The lowest BCUT2D eigenvalue weighted by atomic mass is 10.4. The van der Waals surface area contributed by atoms with Gasteiger partial charge in [-0.25, -0.2) is 0 Å². The highest BCUT2D eigenvalue weighted by molar-refractivity contribution is 4.52. The van der Waals surface area contributed by atoms with Gasteiger partial charge in [0.1, 0.15) is 6.23 Å². The molecule has 5 heteroatoms. The highest BCUT2D eigenvalue weighted by Crippen LogP contribution is 1.96. The van der Waals surface area contributed by atoms with Gasteiger partial charge >= 0.3 is 0 Å². The molecule has 104 valence electrons. The zero-order chi connectivity index (χ0) is 12.9. The van der Waals surface area contributed by atoms with Gasteiger partial charge in [0, 0.05) is 7.11 Å². The van der Waals surface area contributed by atoms with Crippen LogP contribution in [0.25, 0.3) is 0 Å². The summed E-state index contributed by atoms with van der Waals surface area (Å²) in [5.41, 5.74) is 5.37. The maximum Gasteiger partial charge on any atom is 0.154 e. The molecule has 0 rings (SSSR count).